The van der Waals surface area contributed by atoms with E-state index in [1.165, 1.54) is 18.2 Å². The number of ether oxygens (including phenoxy) is 1. The zero-order chi connectivity index (χ0) is 27.9. The Morgan fingerprint density at radius 2 is 1.37 bits per heavy atom. The van der Waals surface area contributed by atoms with E-state index >= 15 is 13.2 Å². The van der Waals surface area contributed by atoms with E-state index < -0.39 is 51.8 Å². The molecular weight excluding hydrogens is 506 g/mol. The summed E-state index contributed by atoms with van der Waals surface area (Å²) in [5.74, 6) is -8.02. The Morgan fingerprint density at radius 1 is 0.737 bits per heavy atom. The topological polar surface area (TPSA) is 29.5 Å². The molecule has 0 bridgehead atoms. The molecule has 3 rings (SSSR count). The lowest BCUT2D eigenvalue weighted by molar-refractivity contribution is -0.189. The normalized spacial score (nSPS) is 11.7. The highest BCUT2D eigenvalue weighted by Gasteiger charge is 2.43. The highest BCUT2D eigenvalue weighted by molar-refractivity contribution is 5.73. The molecule has 0 amide bonds. The second kappa shape index (κ2) is 13.1. The Morgan fingerprint density at radius 3 is 2.03 bits per heavy atom. The van der Waals surface area contributed by atoms with Crippen molar-refractivity contribution in [2.24, 2.45) is 0 Å². The molecule has 0 aliphatic heterocycles. The van der Waals surface area contributed by atoms with Crippen molar-refractivity contribution in [1.29, 1.82) is 0 Å². The van der Waals surface area contributed by atoms with Crippen LogP contribution in [-0.4, -0.2) is 5.11 Å². The number of aromatic hydroxyl groups is 1. The van der Waals surface area contributed by atoms with Gasteiger partial charge in [0.05, 0.1) is 5.56 Å². The first-order chi connectivity index (χ1) is 18.1. The van der Waals surface area contributed by atoms with Crippen molar-refractivity contribution in [2.45, 2.75) is 77.7 Å². The van der Waals surface area contributed by atoms with Crippen LogP contribution in [0.2, 0.25) is 0 Å². The minimum Gasteiger partial charge on any atom is -0.507 e. The molecule has 0 saturated heterocycles. The average Bonchev–Trinajstić information content (AvgIpc) is 2.86. The summed E-state index contributed by atoms with van der Waals surface area (Å²) in [5.41, 5.74) is -2.77. The third kappa shape index (κ3) is 6.83. The second-order valence-corrected chi connectivity index (χ2v) is 9.37. The Bertz CT molecular complexity index is 1220. The number of aryl methyl sites for hydroxylation is 2. The molecule has 3 aromatic rings. The molecule has 0 aromatic heterocycles. The quantitative estimate of drug-likeness (QED) is 0.173. The molecule has 1 N–H and O–H groups in total. The summed E-state index contributed by atoms with van der Waals surface area (Å²) in [6.45, 7) is 4.06. The van der Waals surface area contributed by atoms with Crippen molar-refractivity contribution in [3.63, 3.8) is 0 Å². The zero-order valence-corrected chi connectivity index (χ0v) is 21.5. The fourth-order valence-electron chi connectivity index (χ4n) is 4.35. The minimum absolute atomic E-state index is 0.0383. The van der Waals surface area contributed by atoms with Crippen LogP contribution in [0, 0.1) is 23.3 Å². The van der Waals surface area contributed by atoms with Crippen molar-refractivity contribution in [2.75, 3.05) is 0 Å². The molecular formula is C30H32F6O2. The van der Waals surface area contributed by atoms with Gasteiger partial charge in [0, 0.05) is 11.6 Å². The van der Waals surface area contributed by atoms with Crippen LogP contribution >= 0.6 is 0 Å². The van der Waals surface area contributed by atoms with Gasteiger partial charge in [-0.15, -0.1) is 0 Å². The predicted octanol–water partition coefficient (Wildman–Crippen LogP) is 9.60. The van der Waals surface area contributed by atoms with Crippen molar-refractivity contribution < 1.29 is 36.2 Å². The Labute approximate surface area is 219 Å². The van der Waals surface area contributed by atoms with E-state index in [0.717, 1.165) is 56.6 Å². The van der Waals surface area contributed by atoms with Gasteiger partial charge < -0.3 is 9.84 Å². The number of rotatable bonds is 13. The van der Waals surface area contributed by atoms with E-state index in [1.807, 2.05) is 6.92 Å². The summed E-state index contributed by atoms with van der Waals surface area (Å²) in [6.07, 6.45) is 2.73. The van der Waals surface area contributed by atoms with Crippen LogP contribution < -0.4 is 4.74 Å². The highest BCUT2D eigenvalue weighted by atomic mass is 19.3. The highest BCUT2D eigenvalue weighted by Crippen LogP contribution is 2.43. The molecule has 206 valence electrons. The van der Waals surface area contributed by atoms with E-state index in [4.69, 9.17) is 0 Å². The summed E-state index contributed by atoms with van der Waals surface area (Å²) in [6, 6.07) is 8.12. The molecule has 2 nitrogen and oxygen atoms in total. The van der Waals surface area contributed by atoms with E-state index in [1.54, 1.807) is 12.1 Å². The van der Waals surface area contributed by atoms with Crippen molar-refractivity contribution in [3.8, 4) is 22.6 Å². The van der Waals surface area contributed by atoms with E-state index in [9.17, 15) is 18.3 Å². The van der Waals surface area contributed by atoms with Crippen LogP contribution in [0.25, 0.3) is 11.1 Å². The summed E-state index contributed by atoms with van der Waals surface area (Å²) in [4.78, 5) is 0. The van der Waals surface area contributed by atoms with Crippen molar-refractivity contribution in [3.05, 3.63) is 82.4 Å². The monoisotopic (exact) mass is 538 g/mol. The lowest BCUT2D eigenvalue weighted by Gasteiger charge is -2.21. The van der Waals surface area contributed by atoms with Gasteiger partial charge in [-0.05, 0) is 48.9 Å². The molecule has 0 aliphatic rings. The first-order valence-electron chi connectivity index (χ1n) is 12.9. The van der Waals surface area contributed by atoms with Crippen LogP contribution in [0.5, 0.6) is 11.5 Å². The van der Waals surface area contributed by atoms with Gasteiger partial charge in [-0.25, -0.2) is 17.6 Å². The minimum atomic E-state index is -4.52. The molecule has 38 heavy (non-hydrogen) atoms. The molecule has 0 spiro atoms. The van der Waals surface area contributed by atoms with Gasteiger partial charge in [0.25, 0.3) is 0 Å². The number of halogens is 6. The molecule has 0 aliphatic carbocycles. The molecule has 0 fully saturated rings. The molecule has 0 heterocycles. The molecule has 8 heteroatoms. The van der Waals surface area contributed by atoms with Gasteiger partial charge >= 0.3 is 6.11 Å². The van der Waals surface area contributed by atoms with Gasteiger partial charge in [0.2, 0.25) is 0 Å². The van der Waals surface area contributed by atoms with Crippen LogP contribution in [0.3, 0.4) is 0 Å². The lowest BCUT2D eigenvalue weighted by atomic mass is 9.96. The Balaban J connectivity index is 1.92. The summed E-state index contributed by atoms with van der Waals surface area (Å²) in [7, 11) is 0. The maximum absolute atomic E-state index is 15.4. The lowest BCUT2D eigenvalue weighted by Crippen LogP contribution is -2.25. The summed E-state index contributed by atoms with van der Waals surface area (Å²) < 4.78 is 94.3. The average molecular weight is 539 g/mol. The zero-order valence-electron chi connectivity index (χ0n) is 21.5. The van der Waals surface area contributed by atoms with Gasteiger partial charge in [-0.3, -0.25) is 0 Å². The number of phenols is 1. The SMILES string of the molecule is CCCCCCc1ccc(-c2c(O)cc(F)c(C(F)(F)Oc3ccc(CCCCC)cc3)c2F)c(F)c1F. The molecule has 0 atom stereocenters. The maximum atomic E-state index is 15.4. The number of phenolic OH excluding ortho intramolecular Hbond substituents is 1. The van der Waals surface area contributed by atoms with Crippen LogP contribution in [0.15, 0.2) is 42.5 Å². The molecule has 0 radical (unpaired) electrons. The Kier molecular flexibility index (Phi) is 10.1. The van der Waals surface area contributed by atoms with Gasteiger partial charge in [0.1, 0.15) is 22.9 Å². The van der Waals surface area contributed by atoms with E-state index in [2.05, 4.69) is 11.7 Å². The van der Waals surface area contributed by atoms with E-state index in [0.29, 0.717) is 6.42 Å². The van der Waals surface area contributed by atoms with E-state index in [-0.39, 0.29) is 23.8 Å². The van der Waals surface area contributed by atoms with Crippen molar-refractivity contribution in [1.82, 2.24) is 0 Å². The van der Waals surface area contributed by atoms with Gasteiger partial charge in [-0.1, -0.05) is 70.2 Å². The number of unbranched alkanes of at least 4 members (excludes halogenated alkanes) is 5. The number of alkyl halides is 2. The van der Waals surface area contributed by atoms with Crippen LogP contribution in [0.4, 0.5) is 26.3 Å². The maximum Gasteiger partial charge on any atom is 0.432 e. The molecule has 0 unspecified atom stereocenters. The fraction of sp³-hybridized carbons (Fsp3) is 0.400. The number of benzene rings is 3. The predicted molar refractivity (Wildman–Crippen MR) is 135 cm³/mol. The largest absolute Gasteiger partial charge is 0.507 e. The smallest absolute Gasteiger partial charge is 0.432 e. The summed E-state index contributed by atoms with van der Waals surface area (Å²) >= 11 is 0. The first kappa shape index (κ1) is 29.4. The van der Waals surface area contributed by atoms with Crippen molar-refractivity contribution >= 4 is 0 Å². The summed E-state index contributed by atoms with van der Waals surface area (Å²) in [5, 5.41) is 10.2. The van der Waals surface area contributed by atoms with Gasteiger partial charge in [0.15, 0.2) is 17.5 Å². The molecule has 3 aromatic carbocycles. The number of hydrogen-bond acceptors (Lipinski definition) is 2. The van der Waals surface area contributed by atoms with Crippen LogP contribution in [0.1, 0.15) is 75.5 Å². The third-order valence-corrected chi connectivity index (χ3v) is 6.46. The van der Waals surface area contributed by atoms with Crippen LogP contribution in [-0.2, 0) is 19.0 Å². The third-order valence-electron chi connectivity index (χ3n) is 6.46. The standard InChI is InChI=1S/C30H32F6O2/c1-3-5-7-9-11-20-14-17-22(28(33)27(20)32)25-24(37)18-23(31)26(29(25)34)30(35,36)38-21-15-12-19(13-16-21)10-8-6-4-2/h12-18,37H,3-11H2,1-2H3. The Hall–Kier alpha value is -3.16. The fourth-order valence-corrected chi connectivity index (χ4v) is 4.35. The second-order valence-electron chi connectivity index (χ2n) is 9.37. The number of hydrogen-bond donors (Lipinski definition) is 1. The molecule has 0 saturated carbocycles. The first-order valence-corrected chi connectivity index (χ1v) is 12.9. The van der Waals surface area contributed by atoms with Gasteiger partial charge in [-0.2, -0.15) is 8.78 Å².